The number of amides is 1. The van der Waals surface area contributed by atoms with E-state index in [0.717, 1.165) is 19.3 Å². The Labute approximate surface area is 115 Å². The molecule has 1 aromatic carbocycles. The quantitative estimate of drug-likeness (QED) is 0.818. The molecule has 0 radical (unpaired) electrons. The molecular weight excluding hydrogens is 238 g/mol. The molecule has 3 heteroatoms. The van der Waals surface area contributed by atoms with Gasteiger partial charge in [0.05, 0.1) is 0 Å². The third-order valence-corrected chi connectivity index (χ3v) is 3.86. The minimum absolute atomic E-state index is 0.162. The molecule has 0 unspecified atom stereocenters. The molecule has 19 heavy (non-hydrogen) atoms. The van der Waals surface area contributed by atoms with Crippen molar-refractivity contribution < 1.29 is 9.90 Å². The highest BCUT2D eigenvalue weighted by molar-refractivity contribution is 5.77. The van der Waals surface area contributed by atoms with Gasteiger partial charge in [0.15, 0.2) is 0 Å². The van der Waals surface area contributed by atoms with Crippen LogP contribution in [0.3, 0.4) is 0 Å². The monoisotopic (exact) mass is 261 g/mol. The molecule has 0 saturated heterocycles. The van der Waals surface area contributed by atoms with E-state index in [1.54, 1.807) is 0 Å². The number of hydrogen-bond acceptors (Lipinski definition) is 2. The van der Waals surface area contributed by atoms with Crippen LogP contribution in [0.25, 0.3) is 0 Å². The van der Waals surface area contributed by atoms with Crippen molar-refractivity contribution in [3.8, 4) is 0 Å². The van der Waals surface area contributed by atoms with Crippen molar-refractivity contribution in [3.05, 3.63) is 35.9 Å². The zero-order valence-electron chi connectivity index (χ0n) is 11.4. The zero-order chi connectivity index (χ0) is 13.5. The van der Waals surface area contributed by atoms with Crippen molar-refractivity contribution in [2.45, 2.75) is 44.6 Å². The Kier molecular flexibility index (Phi) is 5.40. The SMILES string of the molecule is O=C(CCc1ccccc1)N(CCCO)C1CCC1. The number of nitrogens with zero attached hydrogens (tertiary/aromatic N) is 1. The molecule has 2 rings (SSSR count). The van der Waals surface area contributed by atoms with Gasteiger partial charge in [-0.1, -0.05) is 30.3 Å². The van der Waals surface area contributed by atoms with E-state index < -0.39 is 0 Å². The lowest BCUT2D eigenvalue weighted by Gasteiger charge is -2.37. The fourth-order valence-corrected chi connectivity index (χ4v) is 2.49. The van der Waals surface area contributed by atoms with E-state index >= 15 is 0 Å². The van der Waals surface area contributed by atoms with Crippen LogP contribution in [0.2, 0.25) is 0 Å². The molecular formula is C16H23NO2. The summed E-state index contributed by atoms with van der Waals surface area (Å²) in [6, 6.07) is 10.6. The summed E-state index contributed by atoms with van der Waals surface area (Å²) in [5.74, 6) is 0.238. The summed E-state index contributed by atoms with van der Waals surface area (Å²) in [5, 5.41) is 8.94. The smallest absolute Gasteiger partial charge is 0.223 e. The Morgan fingerprint density at radius 2 is 2.00 bits per heavy atom. The molecule has 1 amide bonds. The number of rotatable bonds is 7. The second-order valence-electron chi connectivity index (χ2n) is 5.23. The second kappa shape index (κ2) is 7.29. The van der Waals surface area contributed by atoms with Gasteiger partial charge in [-0.15, -0.1) is 0 Å². The van der Waals surface area contributed by atoms with Gasteiger partial charge in [-0.05, 0) is 37.7 Å². The van der Waals surface area contributed by atoms with E-state index in [9.17, 15) is 4.79 Å². The molecule has 1 aliphatic rings. The standard InChI is InChI=1S/C16H23NO2/c18-13-5-12-17(15-8-4-9-15)16(19)11-10-14-6-2-1-3-7-14/h1-3,6-7,15,18H,4-5,8-13H2. The molecule has 1 saturated carbocycles. The van der Waals surface area contributed by atoms with Gasteiger partial charge in [0.2, 0.25) is 5.91 Å². The van der Waals surface area contributed by atoms with E-state index in [0.29, 0.717) is 25.4 Å². The largest absolute Gasteiger partial charge is 0.396 e. The highest BCUT2D eigenvalue weighted by Gasteiger charge is 2.27. The van der Waals surface area contributed by atoms with Crippen LogP contribution in [0, 0.1) is 0 Å². The van der Waals surface area contributed by atoms with Crippen LogP contribution < -0.4 is 0 Å². The van der Waals surface area contributed by atoms with Crippen molar-refractivity contribution in [2.75, 3.05) is 13.2 Å². The summed E-state index contributed by atoms with van der Waals surface area (Å²) in [4.78, 5) is 14.3. The molecule has 1 aromatic rings. The summed E-state index contributed by atoms with van der Waals surface area (Å²) in [6.07, 6.45) is 5.55. The number of aliphatic hydroxyl groups excluding tert-OH is 1. The first-order valence-electron chi connectivity index (χ1n) is 7.25. The lowest BCUT2D eigenvalue weighted by Crippen LogP contribution is -2.45. The number of aliphatic hydroxyl groups is 1. The molecule has 104 valence electrons. The minimum Gasteiger partial charge on any atom is -0.396 e. The van der Waals surface area contributed by atoms with Gasteiger partial charge >= 0.3 is 0 Å². The summed E-state index contributed by atoms with van der Waals surface area (Å²) in [6.45, 7) is 0.865. The maximum atomic E-state index is 12.3. The van der Waals surface area contributed by atoms with Gasteiger partial charge in [0.25, 0.3) is 0 Å². The van der Waals surface area contributed by atoms with E-state index in [1.807, 2.05) is 23.1 Å². The molecule has 0 atom stereocenters. The number of carbonyl (C=O) groups is 1. The van der Waals surface area contributed by atoms with Crippen molar-refractivity contribution >= 4 is 5.91 Å². The number of carbonyl (C=O) groups excluding carboxylic acids is 1. The average Bonchev–Trinajstić information content (AvgIpc) is 2.39. The van der Waals surface area contributed by atoms with Gasteiger partial charge in [-0.25, -0.2) is 0 Å². The zero-order valence-corrected chi connectivity index (χ0v) is 11.4. The van der Waals surface area contributed by atoms with Crippen LogP contribution in [-0.2, 0) is 11.2 Å². The lowest BCUT2D eigenvalue weighted by atomic mass is 9.91. The third kappa shape index (κ3) is 4.06. The van der Waals surface area contributed by atoms with Crippen LogP contribution in [0.1, 0.15) is 37.7 Å². The van der Waals surface area contributed by atoms with Crippen molar-refractivity contribution in [3.63, 3.8) is 0 Å². The van der Waals surface area contributed by atoms with Gasteiger partial charge in [-0.3, -0.25) is 4.79 Å². The summed E-state index contributed by atoms with van der Waals surface area (Å²) in [5.41, 5.74) is 1.21. The first-order valence-corrected chi connectivity index (χ1v) is 7.25. The van der Waals surface area contributed by atoms with Crippen LogP contribution in [0.5, 0.6) is 0 Å². The van der Waals surface area contributed by atoms with Gasteiger partial charge in [0, 0.05) is 25.6 Å². The predicted molar refractivity (Wildman–Crippen MR) is 75.8 cm³/mol. The van der Waals surface area contributed by atoms with Crippen molar-refractivity contribution in [1.82, 2.24) is 4.90 Å². The Morgan fingerprint density at radius 3 is 2.58 bits per heavy atom. The van der Waals surface area contributed by atoms with Gasteiger partial charge in [-0.2, -0.15) is 0 Å². The van der Waals surface area contributed by atoms with E-state index in [1.165, 1.54) is 12.0 Å². The lowest BCUT2D eigenvalue weighted by molar-refractivity contribution is -0.135. The summed E-state index contributed by atoms with van der Waals surface area (Å²) >= 11 is 0. The predicted octanol–water partition coefficient (Wildman–Crippen LogP) is 2.38. The molecule has 0 heterocycles. The first kappa shape index (κ1) is 14.1. The fraction of sp³-hybridized carbons (Fsp3) is 0.562. The van der Waals surface area contributed by atoms with Crippen LogP contribution >= 0.6 is 0 Å². The number of hydrogen-bond donors (Lipinski definition) is 1. The maximum Gasteiger partial charge on any atom is 0.223 e. The topological polar surface area (TPSA) is 40.5 Å². The minimum atomic E-state index is 0.162. The maximum absolute atomic E-state index is 12.3. The van der Waals surface area contributed by atoms with Crippen LogP contribution in [0.15, 0.2) is 30.3 Å². The number of aryl methyl sites for hydroxylation is 1. The Hall–Kier alpha value is -1.35. The Bertz CT molecular complexity index is 387. The van der Waals surface area contributed by atoms with Crippen LogP contribution in [-0.4, -0.2) is 35.1 Å². The van der Waals surface area contributed by atoms with E-state index in [4.69, 9.17) is 5.11 Å². The highest BCUT2D eigenvalue weighted by atomic mass is 16.3. The molecule has 1 N–H and O–H groups in total. The summed E-state index contributed by atoms with van der Waals surface area (Å²) < 4.78 is 0. The van der Waals surface area contributed by atoms with Crippen LogP contribution in [0.4, 0.5) is 0 Å². The summed E-state index contributed by atoms with van der Waals surface area (Å²) in [7, 11) is 0. The Morgan fingerprint density at radius 1 is 1.26 bits per heavy atom. The first-order chi connectivity index (χ1) is 9.31. The number of benzene rings is 1. The molecule has 0 bridgehead atoms. The molecule has 3 nitrogen and oxygen atoms in total. The highest BCUT2D eigenvalue weighted by Crippen LogP contribution is 2.25. The molecule has 0 spiro atoms. The van der Waals surface area contributed by atoms with Crippen molar-refractivity contribution in [1.29, 1.82) is 0 Å². The molecule has 0 aliphatic heterocycles. The third-order valence-electron chi connectivity index (χ3n) is 3.86. The molecule has 1 fully saturated rings. The van der Waals surface area contributed by atoms with Crippen molar-refractivity contribution in [2.24, 2.45) is 0 Å². The van der Waals surface area contributed by atoms with E-state index in [-0.39, 0.29) is 12.5 Å². The molecule has 1 aliphatic carbocycles. The van der Waals surface area contributed by atoms with E-state index in [2.05, 4.69) is 12.1 Å². The van der Waals surface area contributed by atoms with Gasteiger partial charge in [0.1, 0.15) is 0 Å². The molecule has 0 aromatic heterocycles. The second-order valence-corrected chi connectivity index (χ2v) is 5.23. The normalized spacial score (nSPS) is 15.0. The fourth-order valence-electron chi connectivity index (χ4n) is 2.49. The average molecular weight is 261 g/mol. The Balaban J connectivity index is 1.84. The van der Waals surface area contributed by atoms with Gasteiger partial charge < -0.3 is 10.0 Å².